The summed E-state index contributed by atoms with van der Waals surface area (Å²) in [6.45, 7) is 6.44. The van der Waals surface area contributed by atoms with Crippen LogP contribution in [0.5, 0.6) is 0 Å². The summed E-state index contributed by atoms with van der Waals surface area (Å²) in [5.74, 6) is 0.104. The molecule has 3 rings (SSSR count). The summed E-state index contributed by atoms with van der Waals surface area (Å²) in [4.78, 5) is 27.6. The van der Waals surface area contributed by atoms with Crippen LogP contribution >= 0.6 is 11.8 Å². The van der Waals surface area contributed by atoms with Crippen molar-refractivity contribution >= 4 is 33.7 Å². The van der Waals surface area contributed by atoms with Gasteiger partial charge in [0.1, 0.15) is 23.4 Å². The van der Waals surface area contributed by atoms with Crippen LogP contribution in [0.2, 0.25) is 0 Å². The van der Waals surface area contributed by atoms with Crippen LogP contribution in [0, 0.1) is 11.8 Å². The molecule has 0 radical (unpaired) electrons. The van der Waals surface area contributed by atoms with Crippen LogP contribution in [0.15, 0.2) is 0 Å². The Morgan fingerprint density at radius 1 is 1.20 bits per heavy atom. The maximum atomic E-state index is 13.0. The number of nitrogens with zero attached hydrogens (tertiary/aromatic N) is 1. The number of nitrogens with one attached hydrogen (secondary N) is 1. The van der Waals surface area contributed by atoms with Crippen LogP contribution in [0.4, 0.5) is 0 Å². The average Bonchev–Trinajstić information content (AvgIpc) is 3.16. The average molecular weight is 463 g/mol. The third kappa shape index (κ3) is 6.11. The molecular formula is C20H34N2O6S2. The number of ether oxygens (including phenoxy) is 2. The number of hydrogen-bond acceptors (Lipinski definition) is 8. The lowest BCUT2D eigenvalue weighted by molar-refractivity contribution is -0.176. The zero-order valence-electron chi connectivity index (χ0n) is 17.9. The van der Waals surface area contributed by atoms with Gasteiger partial charge >= 0.3 is 11.9 Å². The second-order valence-electron chi connectivity index (χ2n) is 8.82. The molecular weight excluding hydrogens is 428 g/mol. The second-order valence-corrected chi connectivity index (χ2v) is 11.9. The Morgan fingerprint density at radius 2 is 1.87 bits per heavy atom. The molecule has 10 heteroatoms. The summed E-state index contributed by atoms with van der Waals surface area (Å²) >= 11 is 1.90. The molecule has 3 aliphatic rings. The molecule has 2 aliphatic heterocycles. The van der Waals surface area contributed by atoms with Crippen molar-refractivity contribution in [1.82, 2.24) is 9.62 Å². The predicted octanol–water partition coefficient (Wildman–Crippen LogP) is 1.40. The van der Waals surface area contributed by atoms with Crippen molar-refractivity contribution in [2.45, 2.75) is 57.7 Å². The summed E-state index contributed by atoms with van der Waals surface area (Å²) in [7, 11) is -3.59. The number of sulfonamides is 1. The van der Waals surface area contributed by atoms with E-state index in [1.165, 1.54) is 0 Å². The minimum atomic E-state index is -3.59. The molecule has 172 valence electrons. The molecule has 1 N–H and O–H groups in total. The van der Waals surface area contributed by atoms with Gasteiger partial charge in [0, 0.05) is 37.7 Å². The minimum absolute atomic E-state index is 0.101. The van der Waals surface area contributed by atoms with E-state index in [9.17, 15) is 18.0 Å². The number of rotatable bonds is 7. The summed E-state index contributed by atoms with van der Waals surface area (Å²) in [6.07, 6.45) is 2.82. The van der Waals surface area contributed by atoms with E-state index < -0.39 is 45.3 Å². The normalized spacial score (nSPS) is 28.9. The van der Waals surface area contributed by atoms with E-state index in [-0.39, 0.29) is 18.9 Å². The van der Waals surface area contributed by atoms with E-state index >= 15 is 0 Å². The van der Waals surface area contributed by atoms with E-state index in [4.69, 9.17) is 9.47 Å². The van der Waals surface area contributed by atoms with Gasteiger partial charge in [0.2, 0.25) is 10.0 Å². The number of carbonyl (C=O) groups excluding carboxylic acids is 2. The van der Waals surface area contributed by atoms with Crippen molar-refractivity contribution in [3.8, 4) is 0 Å². The first-order valence-electron chi connectivity index (χ1n) is 10.9. The summed E-state index contributed by atoms with van der Waals surface area (Å²) in [5.41, 5.74) is -0.506. The van der Waals surface area contributed by atoms with Gasteiger partial charge in [-0.05, 0) is 31.6 Å². The SMILES string of the molecule is CC(C)C1(OC(=O)C2CNS(=O)(=O)CC2OC(=O)CCN2CCSCC2)CCCC1. The van der Waals surface area contributed by atoms with Gasteiger partial charge < -0.3 is 14.4 Å². The highest BCUT2D eigenvalue weighted by molar-refractivity contribution is 7.99. The molecule has 3 fully saturated rings. The summed E-state index contributed by atoms with van der Waals surface area (Å²) in [5, 5.41) is 0. The van der Waals surface area contributed by atoms with Crippen LogP contribution in [0.25, 0.3) is 0 Å². The molecule has 8 nitrogen and oxygen atoms in total. The fourth-order valence-electron chi connectivity index (χ4n) is 4.44. The van der Waals surface area contributed by atoms with E-state index in [0.29, 0.717) is 6.54 Å². The number of esters is 2. The highest BCUT2D eigenvalue weighted by atomic mass is 32.2. The molecule has 2 saturated heterocycles. The Hall–Kier alpha value is -0.840. The fourth-order valence-corrected chi connectivity index (χ4v) is 6.70. The second kappa shape index (κ2) is 10.2. The van der Waals surface area contributed by atoms with Crippen molar-refractivity contribution in [3.05, 3.63) is 0 Å². The summed E-state index contributed by atoms with van der Waals surface area (Å²) in [6, 6.07) is 0. The number of carbonyl (C=O) groups is 2. The Labute approximate surface area is 183 Å². The van der Waals surface area contributed by atoms with Crippen LogP contribution in [0.1, 0.15) is 46.0 Å². The Balaban J connectivity index is 1.61. The van der Waals surface area contributed by atoms with Crippen molar-refractivity contribution < 1.29 is 27.5 Å². The van der Waals surface area contributed by atoms with Gasteiger partial charge in [0.05, 0.1) is 6.42 Å². The van der Waals surface area contributed by atoms with Crippen LogP contribution in [-0.2, 0) is 29.1 Å². The van der Waals surface area contributed by atoms with Crippen molar-refractivity contribution in [3.63, 3.8) is 0 Å². The monoisotopic (exact) mass is 462 g/mol. The van der Waals surface area contributed by atoms with Gasteiger partial charge in [0.25, 0.3) is 0 Å². The zero-order chi connectivity index (χ0) is 21.8. The van der Waals surface area contributed by atoms with Crippen LogP contribution in [0.3, 0.4) is 0 Å². The topological polar surface area (TPSA) is 102 Å². The van der Waals surface area contributed by atoms with Crippen molar-refractivity contribution in [2.75, 3.05) is 43.4 Å². The van der Waals surface area contributed by atoms with Gasteiger partial charge in [0.15, 0.2) is 0 Å². The first-order chi connectivity index (χ1) is 14.2. The van der Waals surface area contributed by atoms with Crippen molar-refractivity contribution in [1.29, 1.82) is 0 Å². The molecule has 1 saturated carbocycles. The lowest BCUT2D eigenvalue weighted by atomic mass is 9.88. The van der Waals surface area contributed by atoms with E-state index in [1.807, 2.05) is 25.6 Å². The lowest BCUT2D eigenvalue weighted by Gasteiger charge is -2.37. The van der Waals surface area contributed by atoms with Gasteiger partial charge in [-0.2, -0.15) is 11.8 Å². The van der Waals surface area contributed by atoms with E-state index in [0.717, 1.165) is 50.3 Å². The number of hydrogen-bond donors (Lipinski definition) is 1. The molecule has 2 atom stereocenters. The maximum absolute atomic E-state index is 13.0. The number of thioether (sulfide) groups is 1. The third-order valence-corrected chi connectivity index (χ3v) is 8.80. The molecule has 2 heterocycles. The molecule has 2 unspecified atom stereocenters. The summed E-state index contributed by atoms with van der Waals surface area (Å²) < 4.78 is 38.0. The molecule has 30 heavy (non-hydrogen) atoms. The molecule has 0 aromatic carbocycles. The van der Waals surface area contributed by atoms with Gasteiger partial charge in [-0.3, -0.25) is 9.59 Å². The Bertz CT molecular complexity index is 715. The first-order valence-corrected chi connectivity index (χ1v) is 13.7. The zero-order valence-corrected chi connectivity index (χ0v) is 19.6. The fraction of sp³-hybridized carbons (Fsp3) is 0.900. The molecule has 0 aromatic heterocycles. The van der Waals surface area contributed by atoms with E-state index in [2.05, 4.69) is 9.62 Å². The van der Waals surface area contributed by atoms with Crippen LogP contribution in [-0.4, -0.2) is 80.4 Å². The van der Waals surface area contributed by atoms with Crippen molar-refractivity contribution in [2.24, 2.45) is 11.8 Å². The first kappa shape index (κ1) is 23.8. The van der Waals surface area contributed by atoms with Crippen LogP contribution < -0.4 is 4.72 Å². The predicted molar refractivity (Wildman–Crippen MR) is 116 cm³/mol. The molecule has 1 aliphatic carbocycles. The highest BCUT2D eigenvalue weighted by Crippen LogP contribution is 2.40. The maximum Gasteiger partial charge on any atom is 0.314 e. The quantitative estimate of drug-likeness (QED) is 0.567. The van der Waals surface area contributed by atoms with Gasteiger partial charge in [-0.1, -0.05) is 13.8 Å². The minimum Gasteiger partial charge on any atom is -0.460 e. The lowest BCUT2D eigenvalue weighted by Crippen LogP contribution is -2.53. The van der Waals surface area contributed by atoms with E-state index in [1.54, 1.807) is 0 Å². The smallest absolute Gasteiger partial charge is 0.314 e. The largest absolute Gasteiger partial charge is 0.460 e. The molecule has 0 amide bonds. The Kier molecular flexibility index (Phi) is 8.09. The van der Waals surface area contributed by atoms with Gasteiger partial charge in [-0.25, -0.2) is 13.1 Å². The standard InChI is InChI=1S/C20H34N2O6S2/c1-15(2)20(6-3-4-7-20)28-19(24)16-13-21-30(25,26)14-17(16)27-18(23)5-8-22-9-11-29-12-10-22/h15-17,21H,3-14H2,1-2H3. The molecule has 0 spiro atoms. The Morgan fingerprint density at radius 3 is 2.50 bits per heavy atom. The highest BCUT2D eigenvalue weighted by Gasteiger charge is 2.46. The van der Waals surface area contributed by atoms with Gasteiger partial charge in [-0.15, -0.1) is 0 Å². The third-order valence-electron chi connectivity index (χ3n) is 6.48. The molecule has 0 bridgehead atoms. The molecule has 0 aromatic rings.